The monoisotopic (exact) mass is 267 g/mol. The molecule has 108 valence electrons. The SMILES string of the molecule is COc1ccc(OC)c(C(C)NCC(O)C(C)C)c1. The molecule has 0 bridgehead atoms. The van der Waals surface area contributed by atoms with Gasteiger partial charge in [0.25, 0.3) is 0 Å². The van der Waals surface area contributed by atoms with Crippen LogP contribution >= 0.6 is 0 Å². The molecule has 0 aliphatic rings. The Morgan fingerprint density at radius 3 is 2.37 bits per heavy atom. The molecule has 0 amide bonds. The van der Waals surface area contributed by atoms with E-state index in [1.807, 2.05) is 39.0 Å². The number of rotatable bonds is 7. The van der Waals surface area contributed by atoms with Crippen molar-refractivity contribution in [2.24, 2.45) is 5.92 Å². The van der Waals surface area contributed by atoms with Gasteiger partial charge in [-0.1, -0.05) is 13.8 Å². The van der Waals surface area contributed by atoms with Gasteiger partial charge in [0.15, 0.2) is 0 Å². The highest BCUT2D eigenvalue weighted by molar-refractivity contribution is 5.42. The number of aliphatic hydroxyl groups excluding tert-OH is 1. The molecule has 0 aromatic heterocycles. The molecule has 2 unspecified atom stereocenters. The van der Waals surface area contributed by atoms with E-state index in [1.165, 1.54) is 0 Å². The van der Waals surface area contributed by atoms with Crippen LogP contribution < -0.4 is 14.8 Å². The summed E-state index contributed by atoms with van der Waals surface area (Å²) in [7, 11) is 3.30. The Morgan fingerprint density at radius 2 is 1.84 bits per heavy atom. The number of aliphatic hydroxyl groups is 1. The fourth-order valence-electron chi connectivity index (χ4n) is 1.82. The van der Waals surface area contributed by atoms with Gasteiger partial charge >= 0.3 is 0 Å². The summed E-state index contributed by atoms with van der Waals surface area (Å²) in [6.45, 7) is 6.61. The van der Waals surface area contributed by atoms with E-state index in [1.54, 1.807) is 14.2 Å². The van der Waals surface area contributed by atoms with Crippen LogP contribution in [-0.4, -0.2) is 32.0 Å². The minimum absolute atomic E-state index is 0.0819. The third-order valence-electron chi connectivity index (χ3n) is 3.31. The van der Waals surface area contributed by atoms with Gasteiger partial charge in [0, 0.05) is 18.2 Å². The molecular weight excluding hydrogens is 242 g/mol. The minimum Gasteiger partial charge on any atom is -0.497 e. The Bertz CT molecular complexity index is 393. The zero-order chi connectivity index (χ0) is 14.4. The molecule has 1 aromatic carbocycles. The average Bonchev–Trinajstić information content (AvgIpc) is 2.43. The number of hydrogen-bond acceptors (Lipinski definition) is 4. The summed E-state index contributed by atoms with van der Waals surface area (Å²) >= 11 is 0. The van der Waals surface area contributed by atoms with Crippen LogP contribution in [0.5, 0.6) is 11.5 Å². The lowest BCUT2D eigenvalue weighted by Crippen LogP contribution is -2.32. The first-order chi connectivity index (χ1) is 8.99. The van der Waals surface area contributed by atoms with Gasteiger partial charge in [-0.3, -0.25) is 0 Å². The van der Waals surface area contributed by atoms with E-state index in [4.69, 9.17) is 9.47 Å². The fraction of sp³-hybridized carbons (Fsp3) is 0.600. The van der Waals surface area contributed by atoms with Gasteiger partial charge in [-0.15, -0.1) is 0 Å². The van der Waals surface area contributed by atoms with E-state index in [9.17, 15) is 5.11 Å². The van der Waals surface area contributed by atoms with Crippen molar-refractivity contribution in [1.29, 1.82) is 0 Å². The maximum Gasteiger partial charge on any atom is 0.123 e. The molecule has 0 saturated heterocycles. The predicted molar refractivity (Wildman–Crippen MR) is 76.8 cm³/mol. The van der Waals surface area contributed by atoms with Gasteiger partial charge < -0.3 is 19.9 Å². The van der Waals surface area contributed by atoms with Gasteiger partial charge in [0.05, 0.1) is 20.3 Å². The normalized spacial score (nSPS) is 14.3. The molecule has 4 nitrogen and oxygen atoms in total. The van der Waals surface area contributed by atoms with Crippen LogP contribution in [0.3, 0.4) is 0 Å². The predicted octanol–water partition coefficient (Wildman–Crippen LogP) is 2.37. The van der Waals surface area contributed by atoms with E-state index in [0.29, 0.717) is 6.54 Å². The van der Waals surface area contributed by atoms with Gasteiger partial charge in [-0.25, -0.2) is 0 Å². The largest absolute Gasteiger partial charge is 0.497 e. The third-order valence-corrected chi connectivity index (χ3v) is 3.31. The molecule has 0 radical (unpaired) electrons. The molecule has 0 saturated carbocycles. The summed E-state index contributed by atoms with van der Waals surface area (Å²) in [5.74, 6) is 1.86. The first kappa shape index (κ1) is 15.8. The maximum absolute atomic E-state index is 9.83. The molecule has 4 heteroatoms. The third kappa shape index (κ3) is 4.40. The number of hydrogen-bond donors (Lipinski definition) is 2. The smallest absolute Gasteiger partial charge is 0.123 e. The van der Waals surface area contributed by atoms with E-state index in [-0.39, 0.29) is 18.1 Å². The van der Waals surface area contributed by atoms with Crippen molar-refractivity contribution in [3.63, 3.8) is 0 Å². The van der Waals surface area contributed by atoms with Crippen molar-refractivity contribution in [2.75, 3.05) is 20.8 Å². The summed E-state index contributed by atoms with van der Waals surface area (Å²) in [6, 6.07) is 5.81. The summed E-state index contributed by atoms with van der Waals surface area (Å²) in [6.07, 6.45) is -0.348. The Kier molecular flexibility index (Phi) is 6.12. The molecular formula is C15H25NO3. The zero-order valence-corrected chi connectivity index (χ0v) is 12.4. The summed E-state index contributed by atoms with van der Waals surface area (Å²) < 4.78 is 10.6. The van der Waals surface area contributed by atoms with Crippen molar-refractivity contribution in [2.45, 2.75) is 32.9 Å². The van der Waals surface area contributed by atoms with Crippen molar-refractivity contribution in [3.8, 4) is 11.5 Å². The highest BCUT2D eigenvalue weighted by Gasteiger charge is 2.15. The second kappa shape index (κ2) is 7.36. The topological polar surface area (TPSA) is 50.7 Å². The van der Waals surface area contributed by atoms with Crippen LogP contribution in [0.4, 0.5) is 0 Å². The quantitative estimate of drug-likeness (QED) is 0.796. The molecule has 0 spiro atoms. The molecule has 1 rings (SSSR count). The van der Waals surface area contributed by atoms with Gasteiger partial charge in [-0.05, 0) is 31.0 Å². The Balaban J connectivity index is 2.77. The van der Waals surface area contributed by atoms with Crippen LogP contribution in [0.15, 0.2) is 18.2 Å². The highest BCUT2D eigenvalue weighted by atomic mass is 16.5. The number of methoxy groups -OCH3 is 2. The van der Waals surface area contributed by atoms with Crippen LogP contribution in [0.2, 0.25) is 0 Å². The van der Waals surface area contributed by atoms with Crippen LogP contribution in [0, 0.1) is 5.92 Å². The maximum atomic E-state index is 9.83. The molecule has 2 atom stereocenters. The first-order valence-corrected chi connectivity index (χ1v) is 6.63. The number of nitrogens with one attached hydrogen (secondary N) is 1. The van der Waals surface area contributed by atoms with Gasteiger partial charge in [0.2, 0.25) is 0 Å². The summed E-state index contributed by atoms with van der Waals surface area (Å²) in [5, 5.41) is 13.2. The second-order valence-electron chi connectivity index (χ2n) is 5.05. The summed E-state index contributed by atoms with van der Waals surface area (Å²) in [5.41, 5.74) is 1.03. The molecule has 19 heavy (non-hydrogen) atoms. The lowest BCUT2D eigenvalue weighted by atomic mass is 10.0. The van der Waals surface area contributed by atoms with Crippen molar-refractivity contribution < 1.29 is 14.6 Å². The summed E-state index contributed by atoms with van der Waals surface area (Å²) in [4.78, 5) is 0. The number of ether oxygens (including phenoxy) is 2. The van der Waals surface area contributed by atoms with Crippen molar-refractivity contribution in [3.05, 3.63) is 23.8 Å². The van der Waals surface area contributed by atoms with E-state index in [0.717, 1.165) is 17.1 Å². The lowest BCUT2D eigenvalue weighted by molar-refractivity contribution is 0.120. The average molecular weight is 267 g/mol. The molecule has 1 aromatic rings. The first-order valence-electron chi connectivity index (χ1n) is 6.63. The van der Waals surface area contributed by atoms with E-state index in [2.05, 4.69) is 5.32 Å². The molecule has 0 heterocycles. The number of benzene rings is 1. The van der Waals surface area contributed by atoms with E-state index >= 15 is 0 Å². The molecule has 0 aliphatic carbocycles. The van der Waals surface area contributed by atoms with Crippen LogP contribution in [-0.2, 0) is 0 Å². The zero-order valence-electron chi connectivity index (χ0n) is 12.4. The fourth-order valence-corrected chi connectivity index (χ4v) is 1.82. The van der Waals surface area contributed by atoms with Crippen LogP contribution in [0.25, 0.3) is 0 Å². The van der Waals surface area contributed by atoms with Crippen molar-refractivity contribution >= 4 is 0 Å². The molecule has 2 N–H and O–H groups in total. The Morgan fingerprint density at radius 1 is 1.16 bits per heavy atom. The minimum atomic E-state index is -0.348. The lowest BCUT2D eigenvalue weighted by Gasteiger charge is -2.21. The molecule has 0 aliphatic heterocycles. The van der Waals surface area contributed by atoms with Crippen LogP contribution in [0.1, 0.15) is 32.4 Å². The van der Waals surface area contributed by atoms with Gasteiger partial charge in [-0.2, -0.15) is 0 Å². The second-order valence-corrected chi connectivity index (χ2v) is 5.05. The standard InChI is InChI=1S/C15H25NO3/c1-10(2)14(17)9-16-11(3)13-8-12(18-4)6-7-15(13)19-5/h6-8,10-11,14,16-17H,9H2,1-5H3. The van der Waals surface area contributed by atoms with E-state index < -0.39 is 0 Å². The Hall–Kier alpha value is -1.26. The van der Waals surface area contributed by atoms with Crippen molar-refractivity contribution in [1.82, 2.24) is 5.32 Å². The molecule has 0 fully saturated rings. The Labute approximate surface area is 115 Å². The van der Waals surface area contributed by atoms with Gasteiger partial charge in [0.1, 0.15) is 11.5 Å². The highest BCUT2D eigenvalue weighted by Crippen LogP contribution is 2.29.